The first kappa shape index (κ1) is 14.1. The molecule has 0 atom stereocenters. The lowest BCUT2D eigenvalue weighted by atomic mass is 10.1. The SMILES string of the molecule is CNc1nc(N(C)C2CCCCCC2)c2ccccc2n1. The Morgan fingerprint density at radius 1 is 1.05 bits per heavy atom. The molecule has 4 nitrogen and oxygen atoms in total. The quantitative estimate of drug-likeness (QED) is 0.870. The van der Waals surface area contributed by atoms with E-state index in [2.05, 4.69) is 40.4 Å². The zero-order valence-electron chi connectivity index (χ0n) is 13.0. The number of nitrogens with one attached hydrogen (secondary N) is 1. The zero-order valence-corrected chi connectivity index (χ0v) is 13.0. The maximum Gasteiger partial charge on any atom is 0.224 e. The second-order valence-electron chi connectivity index (χ2n) is 5.89. The van der Waals surface area contributed by atoms with Gasteiger partial charge in [-0.05, 0) is 25.0 Å². The van der Waals surface area contributed by atoms with Gasteiger partial charge in [-0.2, -0.15) is 4.98 Å². The van der Waals surface area contributed by atoms with Crippen molar-refractivity contribution in [3.05, 3.63) is 24.3 Å². The third kappa shape index (κ3) is 2.94. The highest BCUT2D eigenvalue weighted by molar-refractivity contribution is 5.90. The number of fused-ring (bicyclic) bond motifs is 1. The van der Waals surface area contributed by atoms with Crippen LogP contribution in [0.5, 0.6) is 0 Å². The van der Waals surface area contributed by atoms with Crippen LogP contribution >= 0.6 is 0 Å². The molecule has 0 bridgehead atoms. The maximum atomic E-state index is 4.73. The van der Waals surface area contributed by atoms with Gasteiger partial charge >= 0.3 is 0 Å². The molecule has 3 rings (SSSR count). The van der Waals surface area contributed by atoms with Crippen LogP contribution in [0.1, 0.15) is 38.5 Å². The molecule has 0 aliphatic heterocycles. The Balaban J connectivity index is 2.01. The average molecular weight is 284 g/mol. The topological polar surface area (TPSA) is 41.1 Å². The number of para-hydroxylation sites is 1. The summed E-state index contributed by atoms with van der Waals surface area (Å²) < 4.78 is 0. The Morgan fingerprint density at radius 3 is 2.48 bits per heavy atom. The molecule has 1 fully saturated rings. The molecule has 1 aliphatic rings. The van der Waals surface area contributed by atoms with Crippen molar-refractivity contribution < 1.29 is 0 Å². The van der Waals surface area contributed by atoms with E-state index in [1.807, 2.05) is 13.1 Å². The summed E-state index contributed by atoms with van der Waals surface area (Å²) >= 11 is 0. The maximum absolute atomic E-state index is 4.73. The van der Waals surface area contributed by atoms with Gasteiger partial charge in [0.05, 0.1) is 5.52 Å². The molecular formula is C17H24N4. The molecule has 0 amide bonds. The molecule has 4 heteroatoms. The van der Waals surface area contributed by atoms with Crippen molar-refractivity contribution in [1.82, 2.24) is 9.97 Å². The van der Waals surface area contributed by atoms with E-state index in [4.69, 9.17) is 4.98 Å². The Kier molecular flexibility index (Phi) is 4.23. The monoisotopic (exact) mass is 284 g/mol. The number of aromatic nitrogens is 2. The van der Waals surface area contributed by atoms with Crippen molar-refractivity contribution >= 4 is 22.7 Å². The van der Waals surface area contributed by atoms with Crippen molar-refractivity contribution in [2.75, 3.05) is 24.3 Å². The Bertz CT molecular complexity index is 603. The largest absolute Gasteiger partial charge is 0.357 e. The van der Waals surface area contributed by atoms with Gasteiger partial charge in [0.25, 0.3) is 0 Å². The van der Waals surface area contributed by atoms with Gasteiger partial charge in [0.1, 0.15) is 5.82 Å². The van der Waals surface area contributed by atoms with Gasteiger partial charge in [-0.25, -0.2) is 4.98 Å². The van der Waals surface area contributed by atoms with Gasteiger partial charge in [-0.3, -0.25) is 0 Å². The van der Waals surface area contributed by atoms with Gasteiger partial charge in [-0.15, -0.1) is 0 Å². The lowest BCUT2D eigenvalue weighted by molar-refractivity contribution is 0.550. The molecule has 1 aromatic heterocycles. The first-order valence-corrected chi connectivity index (χ1v) is 7.97. The molecule has 0 radical (unpaired) electrons. The van der Waals surface area contributed by atoms with Crippen LogP contribution in [0.15, 0.2) is 24.3 Å². The van der Waals surface area contributed by atoms with E-state index in [1.54, 1.807) is 0 Å². The minimum absolute atomic E-state index is 0.593. The van der Waals surface area contributed by atoms with Crippen molar-refractivity contribution in [3.63, 3.8) is 0 Å². The van der Waals surface area contributed by atoms with E-state index in [-0.39, 0.29) is 0 Å². The number of anilines is 2. The summed E-state index contributed by atoms with van der Waals surface area (Å²) in [5.41, 5.74) is 1.01. The van der Waals surface area contributed by atoms with Crippen LogP contribution in [0.4, 0.5) is 11.8 Å². The lowest BCUT2D eigenvalue weighted by Crippen LogP contribution is -2.32. The summed E-state index contributed by atoms with van der Waals surface area (Å²) in [5.74, 6) is 1.75. The molecule has 0 saturated heterocycles. The van der Waals surface area contributed by atoms with Crippen molar-refractivity contribution in [2.45, 2.75) is 44.6 Å². The fraction of sp³-hybridized carbons (Fsp3) is 0.529. The second kappa shape index (κ2) is 6.29. The second-order valence-corrected chi connectivity index (χ2v) is 5.89. The van der Waals surface area contributed by atoms with Gasteiger partial charge < -0.3 is 10.2 Å². The summed E-state index contributed by atoms with van der Waals surface area (Å²) in [6, 6.07) is 8.87. The lowest BCUT2D eigenvalue weighted by Gasteiger charge is -2.29. The molecule has 1 heterocycles. The first-order chi connectivity index (χ1) is 10.3. The number of rotatable bonds is 3. The molecule has 1 N–H and O–H groups in total. The minimum atomic E-state index is 0.593. The highest BCUT2D eigenvalue weighted by Gasteiger charge is 2.20. The Morgan fingerprint density at radius 2 is 1.76 bits per heavy atom. The van der Waals surface area contributed by atoms with Crippen LogP contribution < -0.4 is 10.2 Å². The van der Waals surface area contributed by atoms with Crippen molar-refractivity contribution in [1.29, 1.82) is 0 Å². The third-order valence-electron chi connectivity index (χ3n) is 4.51. The highest BCUT2D eigenvalue weighted by atomic mass is 15.2. The highest BCUT2D eigenvalue weighted by Crippen LogP contribution is 2.29. The van der Waals surface area contributed by atoms with E-state index < -0.39 is 0 Å². The van der Waals surface area contributed by atoms with E-state index in [1.165, 1.54) is 38.5 Å². The van der Waals surface area contributed by atoms with Crippen LogP contribution in [0.3, 0.4) is 0 Å². The van der Waals surface area contributed by atoms with E-state index in [0.717, 1.165) is 16.7 Å². The Labute approximate surface area is 126 Å². The van der Waals surface area contributed by atoms with Crippen LogP contribution in [0.2, 0.25) is 0 Å². The van der Waals surface area contributed by atoms with Crippen molar-refractivity contribution in [2.24, 2.45) is 0 Å². The van der Waals surface area contributed by atoms with E-state index in [0.29, 0.717) is 12.0 Å². The molecule has 2 aromatic rings. The number of nitrogens with zero attached hydrogens (tertiary/aromatic N) is 3. The summed E-state index contributed by atoms with van der Waals surface area (Å²) in [6.07, 6.45) is 7.94. The third-order valence-corrected chi connectivity index (χ3v) is 4.51. The van der Waals surface area contributed by atoms with Crippen LogP contribution in [0.25, 0.3) is 10.9 Å². The summed E-state index contributed by atoms with van der Waals surface area (Å²) in [7, 11) is 4.06. The number of benzene rings is 1. The molecule has 112 valence electrons. The average Bonchev–Trinajstić information content (AvgIpc) is 2.82. The van der Waals surface area contributed by atoms with Crippen LogP contribution in [-0.4, -0.2) is 30.1 Å². The summed E-state index contributed by atoms with van der Waals surface area (Å²) in [4.78, 5) is 11.7. The molecule has 0 spiro atoms. The number of hydrogen-bond donors (Lipinski definition) is 1. The molecule has 1 saturated carbocycles. The predicted octanol–water partition coefficient (Wildman–Crippen LogP) is 3.83. The predicted molar refractivity (Wildman–Crippen MR) is 89.0 cm³/mol. The fourth-order valence-corrected chi connectivity index (χ4v) is 3.26. The summed E-state index contributed by atoms with van der Waals surface area (Å²) in [5, 5.41) is 4.22. The van der Waals surface area contributed by atoms with Crippen molar-refractivity contribution in [3.8, 4) is 0 Å². The molecule has 1 aromatic carbocycles. The standard InChI is InChI=1S/C17H24N4/c1-18-17-19-15-12-8-7-11-14(15)16(20-17)21(2)13-9-5-3-4-6-10-13/h7-8,11-13H,3-6,9-10H2,1-2H3,(H,18,19,20). The minimum Gasteiger partial charge on any atom is -0.357 e. The molecular weight excluding hydrogens is 260 g/mol. The Hall–Kier alpha value is -1.84. The normalized spacial score (nSPS) is 16.7. The van der Waals surface area contributed by atoms with Crippen LogP contribution in [-0.2, 0) is 0 Å². The van der Waals surface area contributed by atoms with E-state index in [9.17, 15) is 0 Å². The summed E-state index contributed by atoms with van der Waals surface area (Å²) in [6.45, 7) is 0. The number of hydrogen-bond acceptors (Lipinski definition) is 4. The smallest absolute Gasteiger partial charge is 0.224 e. The fourth-order valence-electron chi connectivity index (χ4n) is 3.26. The van der Waals surface area contributed by atoms with Gasteiger partial charge in [-0.1, -0.05) is 37.8 Å². The van der Waals surface area contributed by atoms with E-state index >= 15 is 0 Å². The van der Waals surface area contributed by atoms with Gasteiger partial charge in [0, 0.05) is 25.5 Å². The van der Waals surface area contributed by atoms with Gasteiger partial charge in [0.15, 0.2) is 0 Å². The molecule has 21 heavy (non-hydrogen) atoms. The zero-order chi connectivity index (χ0) is 14.7. The molecule has 1 aliphatic carbocycles. The molecule has 0 unspecified atom stereocenters. The van der Waals surface area contributed by atoms with Gasteiger partial charge in [0.2, 0.25) is 5.95 Å². The van der Waals surface area contributed by atoms with Crippen LogP contribution in [0, 0.1) is 0 Å². The first-order valence-electron chi connectivity index (χ1n) is 7.97.